The predicted octanol–water partition coefficient (Wildman–Crippen LogP) is 4.61. The van der Waals surface area contributed by atoms with Gasteiger partial charge >= 0.3 is 0 Å². The summed E-state index contributed by atoms with van der Waals surface area (Å²) in [4.78, 5) is 12.0. The van der Waals surface area contributed by atoms with Crippen LogP contribution in [0.3, 0.4) is 0 Å². The van der Waals surface area contributed by atoms with Crippen LogP contribution in [0.15, 0.2) is 40.9 Å². The van der Waals surface area contributed by atoms with Crippen LogP contribution in [0.5, 0.6) is 0 Å². The maximum absolute atomic E-state index is 13.5. The van der Waals surface area contributed by atoms with Gasteiger partial charge < -0.3 is 0 Å². The van der Waals surface area contributed by atoms with Crippen molar-refractivity contribution in [3.05, 3.63) is 68.7 Å². The van der Waals surface area contributed by atoms with E-state index in [4.69, 9.17) is 11.6 Å². The van der Waals surface area contributed by atoms with Gasteiger partial charge in [0.15, 0.2) is 17.4 Å². The number of hydrogen-bond donors (Lipinski definition) is 0. The molecule has 0 aliphatic rings. The standard InChI is InChI=1S/C13H6BrClF2O/c14-7-4-5-8(10(15)6-7)13(18)9-2-1-3-11(16)12(9)17/h1-6H. The van der Waals surface area contributed by atoms with Gasteiger partial charge in [-0.1, -0.05) is 33.6 Å². The Morgan fingerprint density at radius 3 is 2.50 bits per heavy atom. The van der Waals surface area contributed by atoms with Gasteiger partial charge in [-0.2, -0.15) is 0 Å². The fraction of sp³-hybridized carbons (Fsp3) is 0. The van der Waals surface area contributed by atoms with Crippen molar-refractivity contribution in [1.82, 2.24) is 0 Å². The Balaban J connectivity index is 2.51. The maximum atomic E-state index is 13.5. The number of benzene rings is 2. The molecule has 0 aliphatic heterocycles. The molecule has 0 bridgehead atoms. The van der Waals surface area contributed by atoms with Crippen LogP contribution in [-0.2, 0) is 0 Å². The lowest BCUT2D eigenvalue weighted by Crippen LogP contribution is -2.06. The Morgan fingerprint density at radius 2 is 1.83 bits per heavy atom. The van der Waals surface area contributed by atoms with Crippen molar-refractivity contribution < 1.29 is 13.6 Å². The fourth-order valence-electron chi connectivity index (χ4n) is 1.50. The molecule has 0 N–H and O–H groups in total. The van der Waals surface area contributed by atoms with Crippen LogP contribution in [0.2, 0.25) is 5.02 Å². The maximum Gasteiger partial charge on any atom is 0.197 e. The molecule has 2 aromatic rings. The van der Waals surface area contributed by atoms with Crippen LogP contribution >= 0.6 is 27.5 Å². The molecule has 0 heterocycles. The summed E-state index contributed by atoms with van der Waals surface area (Å²) >= 11 is 9.10. The molecule has 18 heavy (non-hydrogen) atoms. The number of carbonyl (C=O) groups is 1. The van der Waals surface area contributed by atoms with E-state index in [1.54, 1.807) is 6.07 Å². The van der Waals surface area contributed by atoms with Crippen molar-refractivity contribution in [2.75, 3.05) is 0 Å². The topological polar surface area (TPSA) is 17.1 Å². The average Bonchev–Trinajstić information content (AvgIpc) is 2.32. The zero-order valence-corrected chi connectivity index (χ0v) is 11.2. The molecule has 92 valence electrons. The van der Waals surface area contributed by atoms with Gasteiger partial charge in [-0.05, 0) is 30.3 Å². The summed E-state index contributed by atoms with van der Waals surface area (Å²) in [6.45, 7) is 0. The van der Waals surface area contributed by atoms with Crippen molar-refractivity contribution in [3.63, 3.8) is 0 Å². The van der Waals surface area contributed by atoms with Gasteiger partial charge in [0.25, 0.3) is 0 Å². The van der Waals surface area contributed by atoms with E-state index in [2.05, 4.69) is 15.9 Å². The quantitative estimate of drug-likeness (QED) is 0.734. The summed E-state index contributed by atoms with van der Waals surface area (Å²) in [5, 5.41) is 0.179. The van der Waals surface area contributed by atoms with Gasteiger partial charge in [-0.15, -0.1) is 0 Å². The molecule has 2 rings (SSSR count). The van der Waals surface area contributed by atoms with Crippen molar-refractivity contribution in [2.45, 2.75) is 0 Å². The first-order chi connectivity index (χ1) is 8.50. The van der Waals surface area contributed by atoms with Crippen molar-refractivity contribution in [3.8, 4) is 0 Å². The number of carbonyl (C=O) groups excluding carboxylic acids is 1. The number of hydrogen-bond acceptors (Lipinski definition) is 1. The second-order valence-electron chi connectivity index (χ2n) is 3.55. The van der Waals surface area contributed by atoms with Crippen LogP contribution in [0.1, 0.15) is 15.9 Å². The minimum absolute atomic E-state index is 0.129. The Hall–Kier alpha value is -1.26. The van der Waals surface area contributed by atoms with Crippen molar-refractivity contribution >= 4 is 33.3 Å². The lowest BCUT2D eigenvalue weighted by molar-refractivity contribution is 0.103. The van der Waals surface area contributed by atoms with Crippen LogP contribution in [0.25, 0.3) is 0 Å². The third-order valence-corrected chi connectivity index (χ3v) is 3.18. The van der Waals surface area contributed by atoms with Crippen LogP contribution in [-0.4, -0.2) is 5.78 Å². The molecular formula is C13H6BrClF2O. The fourth-order valence-corrected chi connectivity index (χ4v) is 2.26. The zero-order chi connectivity index (χ0) is 13.3. The first-order valence-electron chi connectivity index (χ1n) is 4.94. The highest BCUT2D eigenvalue weighted by Gasteiger charge is 2.18. The van der Waals surface area contributed by atoms with Crippen LogP contribution in [0, 0.1) is 11.6 Å². The van der Waals surface area contributed by atoms with E-state index in [0.29, 0.717) is 4.47 Å². The minimum atomic E-state index is -1.17. The summed E-state index contributed by atoms with van der Waals surface area (Å²) in [6.07, 6.45) is 0. The Kier molecular flexibility index (Phi) is 3.78. The molecule has 0 saturated heterocycles. The molecule has 0 amide bonds. The highest BCUT2D eigenvalue weighted by Crippen LogP contribution is 2.25. The van der Waals surface area contributed by atoms with E-state index in [0.717, 1.165) is 6.07 Å². The van der Waals surface area contributed by atoms with Crippen LogP contribution < -0.4 is 0 Å². The normalized spacial score (nSPS) is 10.4. The van der Waals surface area contributed by atoms with E-state index in [9.17, 15) is 13.6 Å². The zero-order valence-electron chi connectivity index (χ0n) is 8.88. The molecule has 0 aromatic heterocycles. The van der Waals surface area contributed by atoms with Gasteiger partial charge in [0.2, 0.25) is 0 Å². The molecule has 1 nitrogen and oxygen atoms in total. The molecule has 0 aliphatic carbocycles. The Bertz CT molecular complexity index is 628. The predicted molar refractivity (Wildman–Crippen MR) is 68.9 cm³/mol. The second kappa shape index (κ2) is 5.16. The first kappa shape index (κ1) is 13.2. The highest BCUT2D eigenvalue weighted by atomic mass is 79.9. The summed E-state index contributed by atoms with van der Waals surface area (Å²) in [6, 6.07) is 8.04. The van der Waals surface area contributed by atoms with Gasteiger partial charge in [-0.25, -0.2) is 8.78 Å². The van der Waals surface area contributed by atoms with Crippen LogP contribution in [0.4, 0.5) is 8.78 Å². The lowest BCUT2D eigenvalue weighted by Gasteiger charge is -2.05. The molecule has 0 spiro atoms. The molecule has 0 fully saturated rings. The summed E-state index contributed by atoms with van der Waals surface area (Å²) in [5.74, 6) is -2.87. The monoisotopic (exact) mass is 330 g/mol. The Labute approximate surface area is 116 Å². The van der Waals surface area contributed by atoms with Gasteiger partial charge in [0.05, 0.1) is 10.6 Å². The van der Waals surface area contributed by atoms with Crippen molar-refractivity contribution in [2.24, 2.45) is 0 Å². The lowest BCUT2D eigenvalue weighted by atomic mass is 10.0. The SMILES string of the molecule is O=C(c1ccc(Br)cc1Cl)c1cccc(F)c1F. The highest BCUT2D eigenvalue weighted by molar-refractivity contribution is 9.10. The molecule has 0 unspecified atom stereocenters. The van der Waals surface area contributed by atoms with E-state index >= 15 is 0 Å². The molecule has 0 radical (unpaired) electrons. The second-order valence-corrected chi connectivity index (χ2v) is 4.88. The smallest absolute Gasteiger partial charge is 0.197 e. The summed E-state index contributed by atoms with van der Waals surface area (Å²) < 4.78 is 27.3. The van der Waals surface area contributed by atoms with E-state index in [-0.39, 0.29) is 16.1 Å². The average molecular weight is 332 g/mol. The molecule has 0 atom stereocenters. The molecule has 2 aromatic carbocycles. The number of rotatable bonds is 2. The van der Waals surface area contributed by atoms with Crippen molar-refractivity contribution in [1.29, 1.82) is 0 Å². The minimum Gasteiger partial charge on any atom is -0.288 e. The first-order valence-corrected chi connectivity index (χ1v) is 6.11. The third-order valence-electron chi connectivity index (χ3n) is 2.37. The Morgan fingerprint density at radius 1 is 1.11 bits per heavy atom. The van der Waals surface area contributed by atoms with E-state index < -0.39 is 17.4 Å². The summed E-state index contributed by atoms with van der Waals surface area (Å²) in [5.41, 5.74) is -0.205. The van der Waals surface area contributed by atoms with Gasteiger partial charge in [0.1, 0.15) is 0 Å². The molecule has 5 heteroatoms. The third kappa shape index (κ3) is 2.44. The number of ketones is 1. The summed E-state index contributed by atoms with van der Waals surface area (Å²) in [7, 11) is 0. The van der Waals surface area contributed by atoms with E-state index in [1.807, 2.05) is 0 Å². The number of halogens is 4. The van der Waals surface area contributed by atoms with E-state index in [1.165, 1.54) is 24.3 Å². The largest absolute Gasteiger partial charge is 0.288 e. The molecular weight excluding hydrogens is 325 g/mol. The van der Waals surface area contributed by atoms with Gasteiger partial charge in [-0.3, -0.25) is 4.79 Å². The van der Waals surface area contributed by atoms with Gasteiger partial charge in [0, 0.05) is 10.0 Å². The molecule has 0 saturated carbocycles.